The lowest BCUT2D eigenvalue weighted by atomic mass is 10.1. The lowest BCUT2D eigenvalue weighted by molar-refractivity contribution is 0.0217. The van der Waals surface area contributed by atoms with Crippen molar-refractivity contribution in [2.75, 3.05) is 44.8 Å². The predicted octanol–water partition coefficient (Wildman–Crippen LogP) is 2.55. The molecule has 136 valence electrons. The van der Waals surface area contributed by atoms with Crippen molar-refractivity contribution < 1.29 is 4.74 Å². The monoisotopic (exact) mass is 351 g/mol. The van der Waals surface area contributed by atoms with E-state index in [0.29, 0.717) is 6.04 Å². The van der Waals surface area contributed by atoms with Gasteiger partial charge in [0.1, 0.15) is 5.82 Å². The van der Waals surface area contributed by atoms with E-state index in [1.807, 2.05) is 28.8 Å². The normalized spacial score (nSPS) is 16.7. The Hall–Kier alpha value is -2.44. The molecule has 0 bridgehead atoms. The molecule has 3 aromatic rings. The summed E-state index contributed by atoms with van der Waals surface area (Å²) in [5.74, 6) is 1.05. The molecule has 1 atom stereocenters. The summed E-state index contributed by atoms with van der Waals surface area (Å²) in [6, 6.07) is 14.8. The summed E-state index contributed by atoms with van der Waals surface area (Å²) in [6.45, 7) is 6.85. The van der Waals surface area contributed by atoms with Crippen LogP contribution in [0.5, 0.6) is 0 Å². The van der Waals surface area contributed by atoms with Crippen LogP contribution in [-0.4, -0.2) is 65.4 Å². The summed E-state index contributed by atoms with van der Waals surface area (Å²) in [5, 5.41) is 4.47. The van der Waals surface area contributed by atoms with Crippen LogP contribution < -0.4 is 4.90 Å². The molecule has 6 nitrogen and oxygen atoms in total. The number of hydrogen-bond donors (Lipinski definition) is 0. The van der Waals surface area contributed by atoms with Gasteiger partial charge in [-0.2, -0.15) is 9.61 Å². The molecule has 2 aromatic heterocycles. The highest BCUT2D eigenvalue weighted by Gasteiger charge is 2.20. The van der Waals surface area contributed by atoms with Crippen molar-refractivity contribution in [1.29, 1.82) is 0 Å². The zero-order valence-corrected chi connectivity index (χ0v) is 15.4. The second-order valence-corrected chi connectivity index (χ2v) is 6.84. The fourth-order valence-electron chi connectivity index (χ4n) is 3.55. The van der Waals surface area contributed by atoms with E-state index in [4.69, 9.17) is 9.72 Å². The lowest BCUT2D eigenvalue weighted by Gasteiger charge is -2.35. The van der Waals surface area contributed by atoms with E-state index in [-0.39, 0.29) is 0 Å². The smallest absolute Gasteiger partial charge is 0.157 e. The Balaban J connectivity index is 1.63. The maximum Gasteiger partial charge on any atom is 0.157 e. The predicted molar refractivity (Wildman–Crippen MR) is 104 cm³/mol. The van der Waals surface area contributed by atoms with Gasteiger partial charge in [0.25, 0.3) is 0 Å². The summed E-state index contributed by atoms with van der Waals surface area (Å²) < 4.78 is 7.39. The molecule has 0 spiro atoms. The average Bonchev–Trinajstić information content (AvgIpc) is 3.17. The van der Waals surface area contributed by atoms with Crippen LogP contribution in [0.2, 0.25) is 0 Å². The second kappa shape index (κ2) is 7.43. The number of anilines is 1. The fraction of sp³-hybridized carbons (Fsp3) is 0.400. The van der Waals surface area contributed by atoms with E-state index in [1.54, 1.807) is 6.20 Å². The molecule has 1 aromatic carbocycles. The molecule has 4 rings (SSSR count). The molecular formula is C20H25N5O. The standard InChI is InChI=1S/C20H25N5O/c1-16(24-10-12-26-13-11-24)15-23(2)20-14-18(17-6-4-3-5-7-17)22-19-8-9-21-25(19)20/h3-9,14,16H,10-13,15H2,1-2H3/t16-/m1/s1. The third kappa shape index (κ3) is 3.43. The highest BCUT2D eigenvalue weighted by Crippen LogP contribution is 2.24. The zero-order chi connectivity index (χ0) is 17.9. The summed E-state index contributed by atoms with van der Waals surface area (Å²) in [4.78, 5) is 9.52. The molecule has 0 aliphatic carbocycles. The lowest BCUT2D eigenvalue weighted by Crippen LogP contribution is -2.47. The highest BCUT2D eigenvalue weighted by atomic mass is 16.5. The van der Waals surface area contributed by atoms with Crippen LogP contribution in [-0.2, 0) is 4.74 Å². The zero-order valence-electron chi connectivity index (χ0n) is 15.4. The Morgan fingerprint density at radius 1 is 1.15 bits per heavy atom. The topological polar surface area (TPSA) is 45.9 Å². The highest BCUT2D eigenvalue weighted by molar-refractivity contribution is 5.66. The quantitative estimate of drug-likeness (QED) is 0.707. The first kappa shape index (κ1) is 17.0. The van der Waals surface area contributed by atoms with Gasteiger partial charge in [0.15, 0.2) is 5.65 Å². The number of benzene rings is 1. The van der Waals surface area contributed by atoms with Gasteiger partial charge in [0.2, 0.25) is 0 Å². The number of likely N-dealkylation sites (N-methyl/N-ethyl adjacent to an activating group) is 1. The second-order valence-electron chi connectivity index (χ2n) is 6.84. The molecule has 3 heterocycles. The van der Waals surface area contributed by atoms with E-state index >= 15 is 0 Å². The molecule has 6 heteroatoms. The van der Waals surface area contributed by atoms with Crippen LogP contribution in [0.15, 0.2) is 48.7 Å². The molecule has 0 unspecified atom stereocenters. The first-order chi connectivity index (χ1) is 12.7. The molecular weight excluding hydrogens is 326 g/mol. The van der Waals surface area contributed by atoms with Crippen molar-refractivity contribution in [2.45, 2.75) is 13.0 Å². The first-order valence-corrected chi connectivity index (χ1v) is 9.15. The van der Waals surface area contributed by atoms with E-state index in [2.05, 4.69) is 47.1 Å². The van der Waals surface area contributed by atoms with Gasteiger partial charge in [-0.3, -0.25) is 4.90 Å². The molecule has 0 radical (unpaired) electrons. The van der Waals surface area contributed by atoms with Crippen molar-refractivity contribution >= 4 is 11.5 Å². The summed E-state index contributed by atoms with van der Waals surface area (Å²) in [6.07, 6.45) is 1.81. The minimum Gasteiger partial charge on any atom is -0.379 e. The Morgan fingerprint density at radius 3 is 2.69 bits per heavy atom. The number of fused-ring (bicyclic) bond motifs is 1. The van der Waals surface area contributed by atoms with Crippen LogP contribution in [0, 0.1) is 0 Å². The maximum atomic E-state index is 5.47. The Bertz CT molecular complexity index is 857. The van der Waals surface area contributed by atoms with E-state index in [9.17, 15) is 0 Å². The number of nitrogens with zero attached hydrogens (tertiary/aromatic N) is 5. The third-order valence-corrected chi connectivity index (χ3v) is 5.01. The molecule has 1 aliphatic rings. The maximum absolute atomic E-state index is 5.47. The Morgan fingerprint density at radius 2 is 1.92 bits per heavy atom. The van der Waals surface area contributed by atoms with Crippen LogP contribution >= 0.6 is 0 Å². The molecule has 1 fully saturated rings. The van der Waals surface area contributed by atoms with Crippen LogP contribution in [0.4, 0.5) is 5.82 Å². The van der Waals surface area contributed by atoms with Crippen molar-refractivity contribution in [3.05, 3.63) is 48.7 Å². The van der Waals surface area contributed by atoms with Crippen molar-refractivity contribution in [3.8, 4) is 11.3 Å². The average molecular weight is 351 g/mol. The Kier molecular flexibility index (Phi) is 4.86. The molecule has 26 heavy (non-hydrogen) atoms. The molecule has 0 amide bonds. The van der Waals surface area contributed by atoms with Gasteiger partial charge in [0, 0.05) is 50.4 Å². The number of morpholine rings is 1. The van der Waals surface area contributed by atoms with Gasteiger partial charge < -0.3 is 9.64 Å². The van der Waals surface area contributed by atoms with Gasteiger partial charge in [-0.1, -0.05) is 30.3 Å². The number of aromatic nitrogens is 3. The fourth-order valence-corrected chi connectivity index (χ4v) is 3.55. The van der Waals surface area contributed by atoms with Crippen LogP contribution in [0.3, 0.4) is 0 Å². The molecule has 1 aliphatic heterocycles. The van der Waals surface area contributed by atoms with Gasteiger partial charge >= 0.3 is 0 Å². The van der Waals surface area contributed by atoms with Gasteiger partial charge in [0.05, 0.1) is 25.1 Å². The SMILES string of the molecule is C[C@H](CN(C)c1cc(-c2ccccc2)nc2ccnn12)N1CCOCC1. The van der Waals surface area contributed by atoms with Crippen LogP contribution in [0.25, 0.3) is 16.9 Å². The van der Waals surface area contributed by atoms with E-state index < -0.39 is 0 Å². The van der Waals surface area contributed by atoms with E-state index in [1.165, 1.54) is 0 Å². The van der Waals surface area contributed by atoms with E-state index in [0.717, 1.165) is 55.6 Å². The number of ether oxygens (including phenoxy) is 1. The van der Waals surface area contributed by atoms with Crippen molar-refractivity contribution in [1.82, 2.24) is 19.5 Å². The van der Waals surface area contributed by atoms with Gasteiger partial charge in [-0.05, 0) is 6.92 Å². The van der Waals surface area contributed by atoms with Gasteiger partial charge in [-0.25, -0.2) is 4.98 Å². The number of rotatable bonds is 5. The minimum absolute atomic E-state index is 0.447. The molecule has 0 N–H and O–H groups in total. The largest absolute Gasteiger partial charge is 0.379 e. The summed E-state index contributed by atoms with van der Waals surface area (Å²) in [5.41, 5.74) is 2.96. The number of hydrogen-bond acceptors (Lipinski definition) is 5. The third-order valence-electron chi connectivity index (χ3n) is 5.01. The minimum atomic E-state index is 0.447. The van der Waals surface area contributed by atoms with Crippen molar-refractivity contribution in [2.24, 2.45) is 0 Å². The molecule has 1 saturated heterocycles. The summed E-state index contributed by atoms with van der Waals surface area (Å²) >= 11 is 0. The van der Waals surface area contributed by atoms with Crippen LogP contribution in [0.1, 0.15) is 6.92 Å². The van der Waals surface area contributed by atoms with Crippen molar-refractivity contribution in [3.63, 3.8) is 0 Å². The molecule has 0 saturated carbocycles. The first-order valence-electron chi connectivity index (χ1n) is 9.15. The van der Waals surface area contributed by atoms with Gasteiger partial charge in [-0.15, -0.1) is 0 Å². The summed E-state index contributed by atoms with van der Waals surface area (Å²) in [7, 11) is 2.13. The Labute approximate surface area is 154 Å².